The molecule has 0 saturated carbocycles. The number of ether oxygens (including phenoxy) is 1. The summed E-state index contributed by atoms with van der Waals surface area (Å²) in [7, 11) is 2.94. The molecule has 0 unspecified atom stereocenters. The third-order valence-electron chi connectivity index (χ3n) is 3.69. The van der Waals surface area contributed by atoms with Gasteiger partial charge in [0.05, 0.1) is 24.2 Å². The summed E-state index contributed by atoms with van der Waals surface area (Å²) < 4.78 is 7.68. The van der Waals surface area contributed by atoms with Crippen molar-refractivity contribution in [1.82, 2.24) is 30.0 Å². The van der Waals surface area contributed by atoms with Crippen LogP contribution in [0, 0.1) is 6.92 Å². The Hall–Kier alpha value is -3.56. The predicted octanol–water partition coefficient (Wildman–Crippen LogP) is 0.743. The van der Waals surface area contributed by atoms with Gasteiger partial charge in [-0.15, -0.1) is 5.10 Å². The fourth-order valence-electron chi connectivity index (χ4n) is 2.23. The average Bonchev–Trinajstić information content (AvgIpc) is 3.25. The molecule has 10 heteroatoms. The van der Waals surface area contributed by atoms with E-state index in [0.29, 0.717) is 22.6 Å². The van der Waals surface area contributed by atoms with Crippen LogP contribution in [-0.2, 0) is 11.8 Å². The first-order valence-electron chi connectivity index (χ1n) is 7.28. The molecule has 25 heavy (non-hydrogen) atoms. The Morgan fingerprint density at radius 2 is 1.92 bits per heavy atom. The van der Waals surface area contributed by atoms with Gasteiger partial charge in [0.2, 0.25) is 0 Å². The Morgan fingerprint density at radius 1 is 1.20 bits per heavy atom. The Labute approximate surface area is 142 Å². The summed E-state index contributed by atoms with van der Waals surface area (Å²) in [6.45, 7) is 1.75. The van der Waals surface area contributed by atoms with Crippen LogP contribution in [0.2, 0.25) is 0 Å². The topological polar surface area (TPSA) is 117 Å². The number of aryl methyl sites for hydroxylation is 1. The summed E-state index contributed by atoms with van der Waals surface area (Å²) in [5, 5.41) is 17.7. The van der Waals surface area contributed by atoms with Crippen molar-refractivity contribution in [1.29, 1.82) is 0 Å². The molecule has 3 rings (SSSR count). The number of carbonyl (C=O) groups excluding carboxylic acids is 2. The molecule has 0 bridgehead atoms. The molecule has 0 fully saturated rings. The van der Waals surface area contributed by atoms with Crippen LogP contribution in [0.5, 0.6) is 0 Å². The van der Waals surface area contributed by atoms with E-state index in [1.165, 1.54) is 22.8 Å². The number of benzene rings is 1. The second-order valence-electron chi connectivity index (χ2n) is 5.18. The van der Waals surface area contributed by atoms with Gasteiger partial charge in [-0.05, 0) is 41.6 Å². The molecule has 0 radical (unpaired) electrons. The van der Waals surface area contributed by atoms with Gasteiger partial charge in [0, 0.05) is 12.6 Å². The minimum absolute atomic E-state index is 0.0566. The second kappa shape index (κ2) is 6.51. The minimum atomic E-state index is -0.618. The number of nitrogens with one attached hydrogen (secondary N) is 1. The number of hydrogen-bond donors (Lipinski definition) is 1. The Morgan fingerprint density at radius 3 is 2.52 bits per heavy atom. The number of carbonyl (C=O) groups is 2. The highest BCUT2D eigenvalue weighted by Gasteiger charge is 2.22. The van der Waals surface area contributed by atoms with Crippen LogP contribution in [0.4, 0.5) is 5.69 Å². The Bertz CT molecular complexity index is 914. The summed E-state index contributed by atoms with van der Waals surface area (Å²) in [5.41, 5.74) is 2.15. The van der Waals surface area contributed by atoms with Crippen molar-refractivity contribution in [2.45, 2.75) is 6.92 Å². The number of esters is 1. The lowest BCUT2D eigenvalue weighted by atomic mass is 10.2. The number of amides is 1. The van der Waals surface area contributed by atoms with E-state index in [-0.39, 0.29) is 11.6 Å². The normalized spacial score (nSPS) is 10.5. The lowest BCUT2D eigenvalue weighted by Crippen LogP contribution is -2.15. The van der Waals surface area contributed by atoms with E-state index in [1.807, 2.05) is 0 Å². The maximum Gasteiger partial charge on any atom is 0.360 e. The molecule has 1 aromatic carbocycles. The molecule has 0 spiro atoms. The highest BCUT2D eigenvalue weighted by molar-refractivity contribution is 6.08. The van der Waals surface area contributed by atoms with Crippen molar-refractivity contribution in [3.8, 4) is 5.69 Å². The number of hydrogen-bond acceptors (Lipinski definition) is 7. The van der Waals surface area contributed by atoms with Gasteiger partial charge >= 0.3 is 5.97 Å². The van der Waals surface area contributed by atoms with Gasteiger partial charge in [-0.2, -0.15) is 5.10 Å². The van der Waals surface area contributed by atoms with E-state index in [0.717, 1.165) is 0 Å². The first-order valence-corrected chi connectivity index (χ1v) is 7.28. The second-order valence-corrected chi connectivity index (χ2v) is 5.18. The SMILES string of the molecule is COC(=O)c1nn(C)c(C)c1NC(=O)c1ccc(-n2cnnn2)cc1. The van der Waals surface area contributed by atoms with Crippen LogP contribution >= 0.6 is 0 Å². The smallest absolute Gasteiger partial charge is 0.360 e. The molecule has 128 valence electrons. The molecule has 3 aromatic rings. The number of tetrazole rings is 1. The van der Waals surface area contributed by atoms with Crippen LogP contribution in [0.25, 0.3) is 5.69 Å². The molecule has 2 heterocycles. The van der Waals surface area contributed by atoms with Crippen molar-refractivity contribution < 1.29 is 14.3 Å². The molecule has 0 saturated heterocycles. The third-order valence-corrected chi connectivity index (χ3v) is 3.69. The summed E-state index contributed by atoms with van der Waals surface area (Å²) >= 11 is 0. The standard InChI is InChI=1S/C15H15N7O3/c1-9-12(13(15(24)25-3)18-21(9)2)17-14(23)10-4-6-11(7-5-10)22-8-16-19-20-22/h4-8H,1-3H3,(H,17,23). The van der Waals surface area contributed by atoms with E-state index in [1.54, 1.807) is 38.2 Å². The van der Waals surface area contributed by atoms with Crippen LogP contribution in [0.3, 0.4) is 0 Å². The summed E-state index contributed by atoms with van der Waals surface area (Å²) in [6.07, 6.45) is 1.46. The predicted molar refractivity (Wildman–Crippen MR) is 86.4 cm³/mol. The van der Waals surface area contributed by atoms with Gasteiger partial charge in [0.1, 0.15) is 6.33 Å². The zero-order chi connectivity index (χ0) is 18.0. The highest BCUT2D eigenvalue weighted by atomic mass is 16.5. The first kappa shape index (κ1) is 16.3. The maximum absolute atomic E-state index is 12.5. The molecule has 2 aromatic heterocycles. The van der Waals surface area contributed by atoms with E-state index in [4.69, 9.17) is 4.74 Å². The van der Waals surface area contributed by atoms with Gasteiger partial charge in [0.15, 0.2) is 5.69 Å². The monoisotopic (exact) mass is 341 g/mol. The highest BCUT2D eigenvalue weighted by Crippen LogP contribution is 2.21. The van der Waals surface area contributed by atoms with Gasteiger partial charge in [-0.25, -0.2) is 9.48 Å². The van der Waals surface area contributed by atoms with Crippen LogP contribution < -0.4 is 5.32 Å². The van der Waals surface area contributed by atoms with E-state index < -0.39 is 5.97 Å². The van der Waals surface area contributed by atoms with Crippen molar-refractivity contribution in [2.75, 3.05) is 12.4 Å². The van der Waals surface area contributed by atoms with Crippen LogP contribution in [-0.4, -0.2) is 49.0 Å². The molecular formula is C15H15N7O3. The van der Waals surface area contributed by atoms with Crippen molar-refractivity contribution in [2.24, 2.45) is 7.05 Å². The van der Waals surface area contributed by atoms with E-state index in [9.17, 15) is 9.59 Å². The largest absolute Gasteiger partial charge is 0.464 e. The summed E-state index contributed by atoms with van der Waals surface area (Å²) in [6, 6.07) is 6.69. The van der Waals surface area contributed by atoms with Crippen molar-refractivity contribution in [3.05, 3.63) is 47.5 Å². The number of rotatable bonds is 4. The number of methoxy groups -OCH3 is 1. The molecule has 10 nitrogen and oxygen atoms in total. The summed E-state index contributed by atoms with van der Waals surface area (Å²) in [5.74, 6) is -0.988. The van der Waals surface area contributed by atoms with E-state index >= 15 is 0 Å². The fourth-order valence-corrected chi connectivity index (χ4v) is 2.23. The van der Waals surface area contributed by atoms with Gasteiger partial charge < -0.3 is 10.1 Å². The van der Waals surface area contributed by atoms with Gasteiger partial charge in [-0.3, -0.25) is 9.48 Å². The van der Waals surface area contributed by atoms with Crippen LogP contribution in [0.15, 0.2) is 30.6 Å². The van der Waals surface area contributed by atoms with Crippen LogP contribution in [0.1, 0.15) is 26.5 Å². The maximum atomic E-state index is 12.5. The lowest BCUT2D eigenvalue weighted by Gasteiger charge is -2.07. The average molecular weight is 341 g/mol. The molecule has 0 aliphatic rings. The van der Waals surface area contributed by atoms with Crippen molar-refractivity contribution in [3.63, 3.8) is 0 Å². The molecule has 1 N–H and O–H groups in total. The molecule has 0 aliphatic carbocycles. The zero-order valence-corrected chi connectivity index (χ0v) is 13.8. The molecule has 1 amide bonds. The molecule has 0 atom stereocenters. The molecule has 0 aliphatic heterocycles. The fraction of sp³-hybridized carbons (Fsp3) is 0.200. The van der Waals surface area contributed by atoms with Gasteiger partial charge in [-0.1, -0.05) is 0 Å². The lowest BCUT2D eigenvalue weighted by molar-refractivity contribution is 0.0594. The van der Waals surface area contributed by atoms with Gasteiger partial charge in [0.25, 0.3) is 5.91 Å². The summed E-state index contributed by atoms with van der Waals surface area (Å²) in [4.78, 5) is 24.3. The minimum Gasteiger partial charge on any atom is -0.464 e. The Balaban J connectivity index is 1.84. The molecular weight excluding hydrogens is 326 g/mol. The third kappa shape index (κ3) is 3.09. The van der Waals surface area contributed by atoms with E-state index in [2.05, 4.69) is 25.9 Å². The number of anilines is 1. The number of nitrogens with zero attached hydrogens (tertiary/aromatic N) is 6. The first-order chi connectivity index (χ1) is 12.0. The Kier molecular flexibility index (Phi) is 4.25. The number of aromatic nitrogens is 6. The quantitative estimate of drug-likeness (QED) is 0.696. The zero-order valence-electron chi connectivity index (χ0n) is 13.8. The van der Waals surface area contributed by atoms with Crippen molar-refractivity contribution >= 4 is 17.6 Å².